The van der Waals surface area contributed by atoms with Gasteiger partial charge in [0.05, 0.1) is 18.0 Å². The number of carbonyl (C=O) groups excluding carboxylic acids is 2. The first-order chi connectivity index (χ1) is 14.7. The number of rotatable bonds is 11. The second-order valence-electron chi connectivity index (χ2n) is 7.17. The lowest BCUT2D eigenvalue weighted by Crippen LogP contribution is -2.54. The number of nitrogens with one attached hydrogen (secondary N) is 2. The molecule has 0 aliphatic carbocycles. The Morgan fingerprint density at radius 3 is 2.65 bits per heavy atom. The highest BCUT2D eigenvalue weighted by Crippen LogP contribution is 2.17. The van der Waals surface area contributed by atoms with Crippen molar-refractivity contribution < 1.29 is 22.8 Å². The van der Waals surface area contributed by atoms with Crippen molar-refractivity contribution in [1.29, 1.82) is 0 Å². The topological polar surface area (TPSA) is 169 Å². The van der Waals surface area contributed by atoms with Crippen LogP contribution in [0.3, 0.4) is 0 Å². The first kappa shape index (κ1) is 24.4. The first-order valence-corrected chi connectivity index (χ1v) is 11.6. The number of likely N-dealkylation sites (tertiary alicyclic amines) is 1. The molecule has 1 fully saturated rings. The SMILES string of the molecule is CCCc1ccc(S(=O)(=O)N[C@H]2CCCN(CC(=O)NCCON=C(N)N)C2=O)cc1. The molecule has 2 amide bonds. The van der Waals surface area contributed by atoms with E-state index in [0.29, 0.717) is 19.4 Å². The molecule has 0 spiro atoms. The van der Waals surface area contributed by atoms with Gasteiger partial charge in [0.15, 0.2) is 0 Å². The fourth-order valence-electron chi connectivity index (χ4n) is 3.17. The Labute approximate surface area is 182 Å². The van der Waals surface area contributed by atoms with Gasteiger partial charge >= 0.3 is 0 Å². The molecule has 1 aromatic rings. The molecule has 0 aromatic heterocycles. The summed E-state index contributed by atoms with van der Waals surface area (Å²) in [4.78, 5) is 31.0. The minimum Gasteiger partial charge on any atom is -0.391 e. The number of aryl methyl sites for hydroxylation is 1. The van der Waals surface area contributed by atoms with Crippen LogP contribution in [0.5, 0.6) is 0 Å². The van der Waals surface area contributed by atoms with Gasteiger partial charge in [-0.25, -0.2) is 8.42 Å². The Kier molecular flexibility index (Phi) is 9.06. The van der Waals surface area contributed by atoms with Gasteiger partial charge in [-0.15, -0.1) is 0 Å². The fourth-order valence-corrected chi connectivity index (χ4v) is 4.40. The van der Waals surface area contributed by atoms with Gasteiger partial charge in [-0.05, 0) is 42.1 Å². The number of oxime groups is 1. The molecule has 1 aliphatic rings. The van der Waals surface area contributed by atoms with Crippen LogP contribution in [0.2, 0.25) is 0 Å². The zero-order valence-electron chi connectivity index (χ0n) is 17.5. The Balaban J connectivity index is 1.89. The van der Waals surface area contributed by atoms with Crippen molar-refractivity contribution in [3.63, 3.8) is 0 Å². The van der Waals surface area contributed by atoms with Crippen LogP contribution < -0.4 is 21.5 Å². The van der Waals surface area contributed by atoms with E-state index in [-0.39, 0.29) is 30.6 Å². The van der Waals surface area contributed by atoms with Crippen molar-refractivity contribution >= 4 is 27.8 Å². The van der Waals surface area contributed by atoms with Crippen molar-refractivity contribution in [2.75, 3.05) is 26.2 Å². The molecule has 1 atom stereocenters. The molecule has 0 radical (unpaired) electrons. The Bertz CT molecular complexity index is 884. The molecular weight excluding hydrogens is 424 g/mol. The lowest BCUT2D eigenvalue weighted by atomic mass is 10.1. The van der Waals surface area contributed by atoms with E-state index in [1.165, 1.54) is 17.0 Å². The average Bonchev–Trinajstić information content (AvgIpc) is 2.71. The molecule has 12 heteroatoms. The summed E-state index contributed by atoms with van der Waals surface area (Å²) in [6.07, 6.45) is 2.78. The summed E-state index contributed by atoms with van der Waals surface area (Å²) >= 11 is 0. The minimum absolute atomic E-state index is 0.0665. The second kappa shape index (κ2) is 11.5. The summed E-state index contributed by atoms with van der Waals surface area (Å²) in [5, 5.41) is 5.90. The number of piperidine rings is 1. The monoisotopic (exact) mass is 454 g/mol. The van der Waals surface area contributed by atoms with Crippen molar-refractivity contribution in [3.8, 4) is 0 Å². The molecule has 1 aromatic carbocycles. The number of nitrogens with two attached hydrogens (primary N) is 2. The number of amides is 2. The summed E-state index contributed by atoms with van der Waals surface area (Å²) < 4.78 is 27.9. The van der Waals surface area contributed by atoms with Crippen LogP contribution >= 0.6 is 0 Å². The van der Waals surface area contributed by atoms with E-state index in [9.17, 15) is 18.0 Å². The zero-order valence-corrected chi connectivity index (χ0v) is 18.4. The zero-order chi connectivity index (χ0) is 22.9. The molecule has 0 bridgehead atoms. The molecule has 1 aliphatic heterocycles. The van der Waals surface area contributed by atoms with Crippen LogP contribution in [0.25, 0.3) is 0 Å². The van der Waals surface area contributed by atoms with Crippen molar-refractivity contribution in [1.82, 2.24) is 14.9 Å². The molecule has 2 rings (SSSR count). The number of hydrogen-bond acceptors (Lipinski definition) is 6. The molecule has 1 heterocycles. The van der Waals surface area contributed by atoms with E-state index < -0.39 is 27.9 Å². The van der Waals surface area contributed by atoms with E-state index in [0.717, 1.165) is 18.4 Å². The van der Waals surface area contributed by atoms with Gasteiger partial charge in [0, 0.05) is 6.54 Å². The Morgan fingerprint density at radius 1 is 1.29 bits per heavy atom. The maximum atomic E-state index is 12.7. The molecule has 1 saturated heterocycles. The predicted molar refractivity (Wildman–Crippen MR) is 115 cm³/mol. The summed E-state index contributed by atoms with van der Waals surface area (Å²) in [5.41, 5.74) is 11.3. The van der Waals surface area contributed by atoms with Gasteiger partial charge in [-0.1, -0.05) is 25.5 Å². The highest BCUT2D eigenvalue weighted by molar-refractivity contribution is 7.89. The number of benzene rings is 1. The second-order valence-corrected chi connectivity index (χ2v) is 8.88. The van der Waals surface area contributed by atoms with Gasteiger partial charge in [-0.2, -0.15) is 4.72 Å². The van der Waals surface area contributed by atoms with Crippen LogP contribution in [0.15, 0.2) is 34.3 Å². The molecular formula is C19H30N6O5S. The van der Waals surface area contributed by atoms with Crippen molar-refractivity contribution in [2.24, 2.45) is 16.6 Å². The van der Waals surface area contributed by atoms with Crippen LogP contribution in [0.1, 0.15) is 31.7 Å². The van der Waals surface area contributed by atoms with Crippen LogP contribution in [0, 0.1) is 0 Å². The van der Waals surface area contributed by atoms with E-state index in [2.05, 4.69) is 15.2 Å². The number of sulfonamides is 1. The molecule has 11 nitrogen and oxygen atoms in total. The highest BCUT2D eigenvalue weighted by Gasteiger charge is 2.33. The lowest BCUT2D eigenvalue weighted by Gasteiger charge is -2.32. The Hall–Kier alpha value is -2.86. The third kappa shape index (κ3) is 7.72. The quantitative estimate of drug-likeness (QED) is 0.147. The molecule has 172 valence electrons. The molecule has 6 N–H and O–H groups in total. The summed E-state index contributed by atoms with van der Waals surface area (Å²) in [5.74, 6) is -1.04. The number of carbonyl (C=O) groups is 2. The van der Waals surface area contributed by atoms with Crippen molar-refractivity contribution in [2.45, 2.75) is 43.5 Å². The maximum Gasteiger partial charge on any atom is 0.241 e. The van der Waals surface area contributed by atoms with Gasteiger partial charge in [0.1, 0.15) is 12.6 Å². The highest BCUT2D eigenvalue weighted by atomic mass is 32.2. The third-order valence-corrected chi connectivity index (χ3v) is 6.11. The summed E-state index contributed by atoms with van der Waals surface area (Å²) in [6.45, 7) is 2.47. The van der Waals surface area contributed by atoms with Gasteiger partial charge < -0.3 is 26.5 Å². The number of hydrogen-bond donors (Lipinski definition) is 4. The fraction of sp³-hybridized carbons (Fsp3) is 0.526. The summed E-state index contributed by atoms with van der Waals surface area (Å²) in [7, 11) is -3.85. The average molecular weight is 455 g/mol. The van der Waals surface area contributed by atoms with E-state index >= 15 is 0 Å². The van der Waals surface area contributed by atoms with E-state index in [1.54, 1.807) is 12.1 Å². The number of nitrogens with zero attached hydrogens (tertiary/aromatic N) is 2. The van der Waals surface area contributed by atoms with Crippen LogP contribution in [-0.4, -0.2) is 63.4 Å². The molecule has 0 saturated carbocycles. The van der Waals surface area contributed by atoms with E-state index in [4.69, 9.17) is 16.3 Å². The largest absolute Gasteiger partial charge is 0.391 e. The smallest absolute Gasteiger partial charge is 0.241 e. The summed E-state index contributed by atoms with van der Waals surface area (Å²) in [6, 6.07) is 5.71. The van der Waals surface area contributed by atoms with Crippen LogP contribution in [-0.2, 0) is 30.9 Å². The van der Waals surface area contributed by atoms with Crippen molar-refractivity contribution in [3.05, 3.63) is 29.8 Å². The molecule has 31 heavy (non-hydrogen) atoms. The van der Waals surface area contributed by atoms with E-state index in [1.807, 2.05) is 6.92 Å². The minimum atomic E-state index is -3.85. The van der Waals surface area contributed by atoms with Gasteiger partial charge in [0.2, 0.25) is 27.8 Å². The standard InChI is InChI=1S/C19H30N6O5S/c1-2-4-14-6-8-15(9-7-14)31(28,29)24-16-5-3-11-25(18(16)27)13-17(26)22-10-12-30-23-19(20)21/h6-9,16,24H,2-5,10-13H2,1H3,(H,22,26)(H4,20,21,23)/t16-/m0/s1. The lowest BCUT2D eigenvalue weighted by molar-refractivity contribution is -0.139. The third-order valence-electron chi connectivity index (χ3n) is 4.62. The predicted octanol–water partition coefficient (Wildman–Crippen LogP) is -0.770. The first-order valence-electron chi connectivity index (χ1n) is 10.1. The van der Waals surface area contributed by atoms with Gasteiger partial charge in [-0.3, -0.25) is 9.59 Å². The number of guanidine groups is 1. The molecule has 0 unspecified atom stereocenters. The van der Waals surface area contributed by atoms with Gasteiger partial charge in [0.25, 0.3) is 0 Å². The van der Waals surface area contributed by atoms with Crippen LogP contribution in [0.4, 0.5) is 0 Å². The normalized spacial score (nSPS) is 16.6. The Morgan fingerprint density at radius 2 is 2.00 bits per heavy atom. The maximum absolute atomic E-state index is 12.7.